The summed E-state index contributed by atoms with van der Waals surface area (Å²) in [5, 5.41) is 12.1. The van der Waals surface area contributed by atoms with E-state index in [1.807, 2.05) is 13.0 Å². The summed E-state index contributed by atoms with van der Waals surface area (Å²) < 4.78 is 8.20. The number of thiophene rings is 1. The van der Waals surface area contributed by atoms with Gasteiger partial charge in [0.2, 0.25) is 0 Å². The predicted molar refractivity (Wildman–Crippen MR) is 130 cm³/mol. The van der Waals surface area contributed by atoms with Gasteiger partial charge in [-0.2, -0.15) is 0 Å². The van der Waals surface area contributed by atoms with E-state index < -0.39 is 0 Å². The molecule has 0 unspecified atom stereocenters. The molecule has 4 aromatic rings. The number of nitrogens with zero attached hydrogens (tertiary/aromatic N) is 4. The number of hydrogen-bond acceptors (Lipinski definition) is 7. The highest BCUT2D eigenvalue weighted by molar-refractivity contribution is 7.99. The van der Waals surface area contributed by atoms with Gasteiger partial charge in [-0.25, -0.2) is 9.38 Å². The molecular formula is C23H24N4OS3. The van der Waals surface area contributed by atoms with E-state index in [-0.39, 0.29) is 5.60 Å². The van der Waals surface area contributed by atoms with Crippen molar-refractivity contribution in [3.63, 3.8) is 0 Å². The Bertz CT molecular complexity index is 1280. The van der Waals surface area contributed by atoms with E-state index in [2.05, 4.69) is 59.3 Å². The summed E-state index contributed by atoms with van der Waals surface area (Å²) in [5.74, 6) is 1.66. The molecule has 0 N–H and O–H groups in total. The fraction of sp³-hybridized carbons (Fsp3) is 0.348. The Morgan fingerprint density at radius 1 is 1.19 bits per heavy atom. The van der Waals surface area contributed by atoms with E-state index in [1.54, 1.807) is 34.9 Å². The van der Waals surface area contributed by atoms with Gasteiger partial charge in [-0.1, -0.05) is 66.0 Å². The van der Waals surface area contributed by atoms with Crippen LogP contribution in [0, 0.1) is 0 Å². The number of hydrogen-bond donors (Lipinski definition) is 0. The SMILES string of the molecule is C=C(C)CSc1nnc2c3c4c(sc3nc(SCc3ccccc3)n12)COC(C)(C)C4. The zero-order valence-corrected chi connectivity index (χ0v) is 20.3. The summed E-state index contributed by atoms with van der Waals surface area (Å²) >= 11 is 5.12. The number of ether oxygens (including phenoxy) is 1. The minimum atomic E-state index is -0.184. The van der Waals surface area contributed by atoms with Gasteiger partial charge in [0.1, 0.15) is 4.83 Å². The first-order valence-electron chi connectivity index (χ1n) is 10.2. The summed E-state index contributed by atoms with van der Waals surface area (Å²) in [6.45, 7) is 11.0. The van der Waals surface area contributed by atoms with Crippen molar-refractivity contribution in [2.24, 2.45) is 0 Å². The van der Waals surface area contributed by atoms with Crippen molar-refractivity contribution < 1.29 is 4.74 Å². The fourth-order valence-corrected chi connectivity index (χ4v) is 6.62. The van der Waals surface area contributed by atoms with Gasteiger partial charge in [0, 0.05) is 22.8 Å². The van der Waals surface area contributed by atoms with Crippen LogP contribution < -0.4 is 0 Å². The van der Waals surface area contributed by atoms with Crippen LogP contribution in [0.25, 0.3) is 15.9 Å². The molecule has 31 heavy (non-hydrogen) atoms. The van der Waals surface area contributed by atoms with Crippen molar-refractivity contribution in [2.75, 3.05) is 5.75 Å². The van der Waals surface area contributed by atoms with Crippen molar-refractivity contribution in [1.82, 2.24) is 19.6 Å². The average Bonchev–Trinajstić information content (AvgIpc) is 3.31. The summed E-state index contributed by atoms with van der Waals surface area (Å²) in [5.41, 5.74) is 4.42. The summed E-state index contributed by atoms with van der Waals surface area (Å²) in [6, 6.07) is 10.5. The van der Waals surface area contributed by atoms with E-state index in [9.17, 15) is 0 Å². The molecule has 0 fully saturated rings. The molecule has 0 spiro atoms. The van der Waals surface area contributed by atoms with Gasteiger partial charge in [0.25, 0.3) is 0 Å². The van der Waals surface area contributed by atoms with Crippen LogP contribution in [0.2, 0.25) is 0 Å². The Labute approximate surface area is 194 Å². The zero-order chi connectivity index (χ0) is 21.6. The number of thioether (sulfide) groups is 2. The lowest BCUT2D eigenvalue weighted by Gasteiger charge is -2.30. The Morgan fingerprint density at radius 2 is 2.00 bits per heavy atom. The quantitative estimate of drug-likeness (QED) is 0.192. The predicted octanol–water partition coefficient (Wildman–Crippen LogP) is 6.15. The lowest BCUT2D eigenvalue weighted by atomic mass is 9.94. The highest BCUT2D eigenvalue weighted by Crippen LogP contribution is 2.41. The monoisotopic (exact) mass is 468 g/mol. The second-order valence-corrected chi connectivity index (χ2v) is 11.4. The molecule has 5 nitrogen and oxygen atoms in total. The number of aromatic nitrogens is 4. The number of rotatable bonds is 6. The van der Waals surface area contributed by atoms with Crippen LogP contribution in [-0.4, -0.2) is 30.9 Å². The maximum absolute atomic E-state index is 6.06. The van der Waals surface area contributed by atoms with Gasteiger partial charge < -0.3 is 4.74 Å². The van der Waals surface area contributed by atoms with E-state index >= 15 is 0 Å². The molecule has 4 heterocycles. The third-order valence-corrected chi connectivity index (χ3v) is 8.44. The molecule has 5 rings (SSSR count). The molecule has 160 valence electrons. The topological polar surface area (TPSA) is 52.3 Å². The molecule has 0 atom stereocenters. The molecule has 0 saturated carbocycles. The maximum Gasteiger partial charge on any atom is 0.198 e. The molecule has 0 amide bonds. The van der Waals surface area contributed by atoms with Gasteiger partial charge in [0.15, 0.2) is 16.0 Å². The molecule has 1 aliphatic rings. The second-order valence-electron chi connectivity index (χ2n) is 8.47. The average molecular weight is 469 g/mol. The molecule has 0 saturated heterocycles. The van der Waals surface area contributed by atoms with Crippen molar-refractivity contribution in [3.8, 4) is 0 Å². The molecule has 0 aliphatic carbocycles. The van der Waals surface area contributed by atoms with E-state index in [0.717, 1.165) is 49.7 Å². The normalized spacial score (nSPS) is 15.5. The first-order chi connectivity index (χ1) is 14.9. The van der Waals surface area contributed by atoms with E-state index in [1.165, 1.54) is 16.0 Å². The van der Waals surface area contributed by atoms with E-state index in [0.29, 0.717) is 6.61 Å². The molecule has 0 bridgehead atoms. The molecular weight excluding hydrogens is 444 g/mol. The van der Waals surface area contributed by atoms with Crippen LogP contribution in [0.1, 0.15) is 36.8 Å². The van der Waals surface area contributed by atoms with Crippen LogP contribution in [0.15, 0.2) is 52.8 Å². The van der Waals surface area contributed by atoms with Gasteiger partial charge in [0.05, 0.1) is 17.6 Å². The smallest absolute Gasteiger partial charge is 0.198 e. The van der Waals surface area contributed by atoms with Crippen molar-refractivity contribution in [1.29, 1.82) is 0 Å². The molecule has 8 heteroatoms. The van der Waals surface area contributed by atoms with Crippen LogP contribution in [0.3, 0.4) is 0 Å². The van der Waals surface area contributed by atoms with Crippen molar-refractivity contribution in [2.45, 2.75) is 55.5 Å². The molecule has 1 aromatic carbocycles. The molecule has 0 radical (unpaired) electrons. The lowest BCUT2D eigenvalue weighted by molar-refractivity contribution is -0.0379. The Balaban J connectivity index is 1.65. The zero-order valence-electron chi connectivity index (χ0n) is 17.8. The molecule has 3 aromatic heterocycles. The number of fused-ring (bicyclic) bond motifs is 5. The highest BCUT2D eigenvalue weighted by atomic mass is 32.2. The summed E-state index contributed by atoms with van der Waals surface area (Å²) in [6.07, 6.45) is 0.858. The standard InChI is InChI=1S/C23H24N4OS3/c1-14(2)12-29-22-26-25-19-18-16-10-23(3,4)28-11-17(16)31-20(18)24-21(27(19)22)30-13-15-8-6-5-7-9-15/h5-9H,1,10-13H2,2-4H3. The highest BCUT2D eigenvalue weighted by Gasteiger charge is 2.31. The van der Waals surface area contributed by atoms with Gasteiger partial charge in [-0.3, -0.25) is 0 Å². The summed E-state index contributed by atoms with van der Waals surface area (Å²) in [7, 11) is 0. The van der Waals surface area contributed by atoms with Crippen LogP contribution >= 0.6 is 34.9 Å². The van der Waals surface area contributed by atoms with Crippen LogP contribution in [-0.2, 0) is 23.5 Å². The maximum atomic E-state index is 6.06. The summed E-state index contributed by atoms with van der Waals surface area (Å²) in [4.78, 5) is 7.39. The van der Waals surface area contributed by atoms with Crippen LogP contribution in [0.5, 0.6) is 0 Å². The third kappa shape index (κ3) is 4.14. The Hall–Kier alpha value is -1.87. The van der Waals surface area contributed by atoms with Crippen molar-refractivity contribution in [3.05, 3.63) is 58.5 Å². The van der Waals surface area contributed by atoms with Gasteiger partial charge >= 0.3 is 0 Å². The Kier molecular flexibility index (Phi) is 5.58. The number of benzene rings is 1. The van der Waals surface area contributed by atoms with Crippen molar-refractivity contribution >= 4 is 50.7 Å². The largest absolute Gasteiger partial charge is 0.370 e. The van der Waals surface area contributed by atoms with Crippen LogP contribution in [0.4, 0.5) is 0 Å². The van der Waals surface area contributed by atoms with E-state index in [4.69, 9.17) is 9.72 Å². The Morgan fingerprint density at radius 3 is 2.77 bits per heavy atom. The minimum Gasteiger partial charge on any atom is -0.370 e. The van der Waals surface area contributed by atoms with Gasteiger partial charge in [-0.05, 0) is 31.9 Å². The first kappa shape index (κ1) is 21.0. The second kappa shape index (κ2) is 8.24. The first-order valence-corrected chi connectivity index (χ1v) is 13.0. The minimum absolute atomic E-state index is 0.184. The van der Waals surface area contributed by atoms with Gasteiger partial charge in [-0.15, -0.1) is 21.5 Å². The fourth-order valence-electron chi connectivity index (χ4n) is 3.69. The lowest BCUT2D eigenvalue weighted by Crippen LogP contribution is -2.31. The molecule has 1 aliphatic heterocycles. The third-order valence-electron chi connectivity index (χ3n) is 5.17.